The number of benzene rings is 2. The van der Waals surface area contributed by atoms with E-state index in [9.17, 15) is 9.59 Å². The number of rotatable bonds is 7. The van der Waals surface area contributed by atoms with E-state index in [1.165, 1.54) is 23.0 Å². The molecule has 0 fully saturated rings. The van der Waals surface area contributed by atoms with E-state index in [2.05, 4.69) is 4.99 Å². The lowest BCUT2D eigenvalue weighted by molar-refractivity contribution is -0.136. The predicted molar refractivity (Wildman–Crippen MR) is 148 cm³/mol. The van der Waals surface area contributed by atoms with Gasteiger partial charge in [-0.05, 0) is 48.9 Å². The summed E-state index contributed by atoms with van der Waals surface area (Å²) in [7, 11) is 2.87. The number of methoxy groups -OCH3 is 2. The summed E-state index contributed by atoms with van der Waals surface area (Å²) in [4.78, 5) is 31.5. The second-order valence-corrected chi connectivity index (χ2v) is 10.3. The molecule has 0 amide bonds. The molecule has 5 rings (SSSR count). The molecule has 11 heteroatoms. The number of furan rings is 1. The first-order valence-electron chi connectivity index (χ1n) is 11.7. The van der Waals surface area contributed by atoms with Gasteiger partial charge in [0.1, 0.15) is 34.6 Å². The summed E-state index contributed by atoms with van der Waals surface area (Å²) >= 11 is 13.4. The molecule has 0 aliphatic carbocycles. The largest absolute Gasteiger partial charge is 0.497 e. The van der Waals surface area contributed by atoms with Crippen molar-refractivity contribution < 1.29 is 23.4 Å². The fourth-order valence-electron chi connectivity index (χ4n) is 4.22. The molecule has 39 heavy (non-hydrogen) atoms. The number of aromatic nitrogens is 1. The molecule has 4 aromatic rings. The maximum absolute atomic E-state index is 13.7. The van der Waals surface area contributed by atoms with Crippen LogP contribution in [-0.2, 0) is 16.1 Å². The summed E-state index contributed by atoms with van der Waals surface area (Å²) < 4.78 is 23.8. The van der Waals surface area contributed by atoms with Gasteiger partial charge in [0.05, 0.1) is 41.1 Å². The molecule has 2 aromatic heterocycles. The second kappa shape index (κ2) is 11.1. The Bertz CT molecular complexity index is 1770. The van der Waals surface area contributed by atoms with Gasteiger partial charge < -0.3 is 18.6 Å². The highest BCUT2D eigenvalue weighted by molar-refractivity contribution is 7.07. The summed E-state index contributed by atoms with van der Waals surface area (Å²) in [5, 5.41) is 0.711. The Balaban J connectivity index is 1.51. The average Bonchev–Trinajstić information content (AvgIpc) is 3.51. The Kier molecular flexibility index (Phi) is 7.65. The highest BCUT2D eigenvalue weighted by Gasteiger charge is 2.33. The first-order valence-corrected chi connectivity index (χ1v) is 13.3. The molecule has 1 atom stereocenters. The summed E-state index contributed by atoms with van der Waals surface area (Å²) in [6.07, 6.45) is 1.64. The Morgan fingerprint density at radius 1 is 1.13 bits per heavy atom. The Morgan fingerprint density at radius 3 is 2.62 bits per heavy atom. The number of halogens is 2. The number of hydrogen-bond acceptors (Lipinski definition) is 8. The first-order chi connectivity index (χ1) is 18.8. The first kappa shape index (κ1) is 26.8. The SMILES string of the molecule is COC(=O)C1=C(C)N=c2s/c(=C/c3ccc(COc4cccc(Cl)c4Cl)o3)c(=O)n2[C@H]1c1ccc(OC)cc1. The lowest BCUT2D eigenvalue weighted by atomic mass is 9.96. The zero-order valence-corrected chi connectivity index (χ0v) is 23.4. The molecule has 0 unspecified atom stereocenters. The van der Waals surface area contributed by atoms with Gasteiger partial charge >= 0.3 is 5.97 Å². The van der Waals surface area contributed by atoms with Gasteiger partial charge in [-0.3, -0.25) is 9.36 Å². The molecule has 0 spiro atoms. The summed E-state index contributed by atoms with van der Waals surface area (Å²) in [6, 6.07) is 15.1. The summed E-state index contributed by atoms with van der Waals surface area (Å²) in [5.74, 6) is 1.53. The Morgan fingerprint density at radius 2 is 1.90 bits per heavy atom. The van der Waals surface area contributed by atoms with Crippen LogP contribution in [0.5, 0.6) is 11.5 Å². The monoisotopic (exact) mass is 584 g/mol. The molecular formula is C28H22Cl2N2O6S. The maximum Gasteiger partial charge on any atom is 0.338 e. The molecular weight excluding hydrogens is 563 g/mol. The van der Waals surface area contributed by atoms with Crippen LogP contribution in [0.1, 0.15) is 30.0 Å². The van der Waals surface area contributed by atoms with Crippen molar-refractivity contribution in [2.75, 3.05) is 14.2 Å². The highest BCUT2D eigenvalue weighted by Crippen LogP contribution is 2.33. The Hall–Kier alpha value is -3.79. The van der Waals surface area contributed by atoms with Crippen molar-refractivity contribution in [1.29, 1.82) is 0 Å². The van der Waals surface area contributed by atoms with Crippen LogP contribution in [0.15, 0.2) is 80.1 Å². The maximum atomic E-state index is 13.7. The van der Waals surface area contributed by atoms with Crippen LogP contribution >= 0.6 is 34.5 Å². The number of carbonyl (C=O) groups excluding carboxylic acids is 1. The van der Waals surface area contributed by atoms with E-state index in [1.54, 1.807) is 62.6 Å². The normalized spacial score (nSPS) is 15.1. The molecule has 1 aliphatic heterocycles. The number of nitrogens with zero attached hydrogens (tertiary/aromatic N) is 2. The van der Waals surface area contributed by atoms with Crippen LogP contribution in [0.4, 0.5) is 0 Å². The van der Waals surface area contributed by atoms with Gasteiger partial charge in [0.25, 0.3) is 5.56 Å². The quantitative estimate of drug-likeness (QED) is 0.287. The van der Waals surface area contributed by atoms with Gasteiger partial charge in [-0.1, -0.05) is 52.7 Å². The molecule has 2 aromatic carbocycles. The van der Waals surface area contributed by atoms with E-state index in [0.717, 1.165) is 5.56 Å². The van der Waals surface area contributed by atoms with Crippen LogP contribution in [0.2, 0.25) is 10.0 Å². The molecule has 0 radical (unpaired) electrons. The molecule has 0 saturated carbocycles. The highest BCUT2D eigenvalue weighted by atomic mass is 35.5. The van der Waals surface area contributed by atoms with E-state index in [0.29, 0.717) is 53.7 Å². The molecule has 8 nitrogen and oxygen atoms in total. The van der Waals surface area contributed by atoms with E-state index in [1.807, 2.05) is 12.1 Å². The number of hydrogen-bond donors (Lipinski definition) is 0. The minimum atomic E-state index is -0.718. The number of ether oxygens (including phenoxy) is 3. The lowest BCUT2D eigenvalue weighted by Gasteiger charge is -2.24. The standard InChI is InChI=1S/C28H22Cl2N2O6S/c1-15-23(27(34)36-3)25(16-7-9-17(35-2)10-8-16)32-26(33)22(39-28(32)31-15)13-18-11-12-19(38-18)14-37-21-6-4-5-20(29)24(21)30/h4-13,25H,14H2,1-3H3/b22-13+/t25-/m0/s1. The van der Waals surface area contributed by atoms with Gasteiger partial charge in [-0.15, -0.1) is 0 Å². The van der Waals surface area contributed by atoms with Crippen LogP contribution in [0.3, 0.4) is 0 Å². The average molecular weight is 585 g/mol. The number of allylic oxidation sites excluding steroid dienone is 1. The second-order valence-electron chi connectivity index (χ2n) is 8.49. The summed E-state index contributed by atoms with van der Waals surface area (Å²) in [5.41, 5.74) is 1.18. The van der Waals surface area contributed by atoms with Crippen molar-refractivity contribution in [3.63, 3.8) is 0 Å². The van der Waals surface area contributed by atoms with Crippen molar-refractivity contribution in [3.05, 3.63) is 113 Å². The van der Waals surface area contributed by atoms with Crippen LogP contribution in [0.25, 0.3) is 6.08 Å². The minimum absolute atomic E-state index is 0.119. The number of fused-ring (bicyclic) bond motifs is 1. The lowest BCUT2D eigenvalue weighted by Crippen LogP contribution is -2.39. The fraction of sp³-hybridized carbons (Fsp3) is 0.179. The smallest absolute Gasteiger partial charge is 0.338 e. The van der Waals surface area contributed by atoms with E-state index in [-0.39, 0.29) is 12.2 Å². The van der Waals surface area contributed by atoms with Gasteiger partial charge in [-0.25, -0.2) is 9.79 Å². The van der Waals surface area contributed by atoms with Crippen LogP contribution in [-0.4, -0.2) is 24.8 Å². The predicted octanol–water partition coefficient (Wildman–Crippen LogP) is 4.90. The van der Waals surface area contributed by atoms with Crippen molar-refractivity contribution in [3.8, 4) is 11.5 Å². The van der Waals surface area contributed by atoms with Crippen molar-refractivity contribution in [2.24, 2.45) is 4.99 Å². The van der Waals surface area contributed by atoms with Crippen LogP contribution in [0, 0.1) is 0 Å². The third-order valence-electron chi connectivity index (χ3n) is 6.10. The molecule has 200 valence electrons. The molecule has 0 bridgehead atoms. The topological polar surface area (TPSA) is 92.3 Å². The van der Waals surface area contributed by atoms with Gasteiger partial charge in [0, 0.05) is 6.08 Å². The van der Waals surface area contributed by atoms with Gasteiger partial charge in [0.2, 0.25) is 0 Å². The number of carbonyl (C=O) groups is 1. The van der Waals surface area contributed by atoms with Crippen molar-refractivity contribution >= 4 is 46.6 Å². The zero-order chi connectivity index (χ0) is 27.7. The zero-order valence-electron chi connectivity index (χ0n) is 21.1. The fourth-order valence-corrected chi connectivity index (χ4v) is 5.59. The third kappa shape index (κ3) is 5.25. The van der Waals surface area contributed by atoms with Crippen LogP contribution < -0.4 is 24.4 Å². The van der Waals surface area contributed by atoms with Gasteiger partial charge in [-0.2, -0.15) is 0 Å². The number of thiazole rings is 1. The van der Waals surface area contributed by atoms with E-state index >= 15 is 0 Å². The summed E-state index contributed by atoms with van der Waals surface area (Å²) in [6.45, 7) is 1.85. The molecule has 0 saturated heterocycles. The van der Waals surface area contributed by atoms with E-state index < -0.39 is 12.0 Å². The minimum Gasteiger partial charge on any atom is -0.497 e. The third-order valence-corrected chi connectivity index (χ3v) is 7.88. The van der Waals surface area contributed by atoms with E-state index in [4.69, 9.17) is 41.8 Å². The van der Waals surface area contributed by atoms with Crippen molar-refractivity contribution in [1.82, 2.24) is 4.57 Å². The van der Waals surface area contributed by atoms with Crippen molar-refractivity contribution in [2.45, 2.75) is 19.6 Å². The Labute approximate surface area is 237 Å². The molecule has 3 heterocycles. The number of esters is 1. The molecule has 1 aliphatic rings. The van der Waals surface area contributed by atoms with Gasteiger partial charge in [0.15, 0.2) is 4.80 Å². The molecule has 0 N–H and O–H groups in total.